The van der Waals surface area contributed by atoms with Crippen molar-refractivity contribution >= 4 is 38.5 Å². The van der Waals surface area contributed by atoms with Crippen molar-refractivity contribution in [1.82, 2.24) is 4.31 Å². The van der Waals surface area contributed by atoms with E-state index in [1.54, 1.807) is 22.1 Å². The fourth-order valence-corrected chi connectivity index (χ4v) is 6.45. The van der Waals surface area contributed by atoms with Gasteiger partial charge >= 0.3 is 5.97 Å². The summed E-state index contributed by atoms with van der Waals surface area (Å²) in [5, 5.41) is 11.0. The molecule has 8 heteroatoms. The normalized spacial score (nSPS) is 11.7. The number of aliphatic carboxylic acids is 1. The van der Waals surface area contributed by atoms with E-state index in [0.717, 1.165) is 33.2 Å². The van der Waals surface area contributed by atoms with Crippen LogP contribution in [0.3, 0.4) is 0 Å². The molecule has 3 aromatic carbocycles. The Hall–Kier alpha value is -2.55. The van der Waals surface area contributed by atoms with Gasteiger partial charge in [0.2, 0.25) is 10.0 Å². The van der Waals surface area contributed by atoms with Gasteiger partial charge in [0.25, 0.3) is 0 Å². The van der Waals surface area contributed by atoms with Crippen LogP contribution in [0.25, 0.3) is 10.8 Å². The molecule has 3 rings (SSSR count). The lowest BCUT2D eigenvalue weighted by Gasteiger charge is -2.22. The van der Waals surface area contributed by atoms with Crippen molar-refractivity contribution in [3.63, 3.8) is 0 Å². The average Bonchev–Trinajstić information content (AvgIpc) is 2.81. The number of hydrogen-bond donors (Lipinski definition) is 1. The first-order valence-electron chi connectivity index (χ1n) is 11.3. The van der Waals surface area contributed by atoms with Gasteiger partial charge in [-0.1, -0.05) is 49.4 Å². The Morgan fingerprint density at radius 1 is 1.06 bits per heavy atom. The molecular weight excluding hydrogens is 470 g/mol. The predicted molar refractivity (Wildman–Crippen MR) is 138 cm³/mol. The minimum atomic E-state index is -3.39. The topological polar surface area (TPSA) is 83.9 Å². The third kappa shape index (κ3) is 7.22. The van der Waals surface area contributed by atoms with E-state index in [1.807, 2.05) is 68.4 Å². The predicted octanol–water partition coefficient (Wildman–Crippen LogP) is 4.99. The Bertz CT molecular complexity index is 1220. The molecule has 182 valence electrons. The zero-order chi connectivity index (χ0) is 24.6. The number of rotatable bonds is 13. The van der Waals surface area contributed by atoms with Gasteiger partial charge in [-0.2, -0.15) is 0 Å². The maximum Gasteiger partial charge on any atom is 0.341 e. The molecule has 0 radical (unpaired) electrons. The van der Waals surface area contributed by atoms with Gasteiger partial charge in [-0.25, -0.2) is 17.5 Å². The van der Waals surface area contributed by atoms with Crippen LogP contribution in [0.2, 0.25) is 0 Å². The van der Waals surface area contributed by atoms with Gasteiger partial charge in [-0.05, 0) is 59.9 Å². The van der Waals surface area contributed by atoms with Gasteiger partial charge in [0.15, 0.2) is 6.61 Å². The monoisotopic (exact) mass is 501 g/mol. The molecule has 0 saturated heterocycles. The largest absolute Gasteiger partial charge is 0.482 e. The zero-order valence-electron chi connectivity index (χ0n) is 19.6. The number of ether oxygens (including phenoxy) is 1. The molecule has 0 heterocycles. The molecule has 0 aromatic heterocycles. The number of carboxylic acids is 1. The van der Waals surface area contributed by atoms with E-state index < -0.39 is 16.0 Å². The summed E-state index contributed by atoms with van der Waals surface area (Å²) in [6, 6.07) is 19.6. The van der Waals surface area contributed by atoms with Crippen molar-refractivity contribution in [3.8, 4) is 5.75 Å². The number of nitrogens with zero attached hydrogens (tertiary/aromatic N) is 1. The summed E-state index contributed by atoms with van der Waals surface area (Å²) in [6.07, 6.45) is 1.24. The second-order valence-corrected chi connectivity index (χ2v) is 11.3. The highest BCUT2D eigenvalue weighted by atomic mass is 32.2. The molecule has 0 aliphatic rings. The van der Waals surface area contributed by atoms with Crippen molar-refractivity contribution in [2.24, 2.45) is 0 Å². The Kier molecular flexibility index (Phi) is 9.38. The molecule has 0 amide bonds. The number of thioether (sulfide) groups is 1. The molecule has 0 aliphatic heterocycles. The fourth-order valence-electron chi connectivity index (χ4n) is 3.80. The fraction of sp³-hybridized carbons (Fsp3) is 0.346. The van der Waals surface area contributed by atoms with Crippen molar-refractivity contribution < 1.29 is 23.1 Å². The molecular formula is C26H31NO5S2. The number of aryl methyl sites for hydroxylation is 2. The number of carboxylic acid groups (broad SMARTS) is 1. The van der Waals surface area contributed by atoms with Crippen molar-refractivity contribution in [2.75, 3.05) is 31.2 Å². The van der Waals surface area contributed by atoms with Gasteiger partial charge in [0, 0.05) is 23.7 Å². The van der Waals surface area contributed by atoms with Crippen molar-refractivity contribution in [1.29, 1.82) is 0 Å². The lowest BCUT2D eigenvalue weighted by Crippen LogP contribution is -2.36. The number of fused-ring (bicyclic) bond motifs is 1. The molecule has 0 aliphatic carbocycles. The van der Waals surface area contributed by atoms with Crippen LogP contribution in [-0.2, 0) is 21.2 Å². The number of sulfonamides is 1. The van der Waals surface area contributed by atoms with Crippen LogP contribution in [0.1, 0.15) is 24.5 Å². The summed E-state index contributed by atoms with van der Waals surface area (Å²) in [7, 11) is -3.39. The van der Waals surface area contributed by atoms with Crippen LogP contribution in [0, 0.1) is 6.92 Å². The Morgan fingerprint density at radius 2 is 1.82 bits per heavy atom. The minimum absolute atomic E-state index is 0.0837. The zero-order valence-corrected chi connectivity index (χ0v) is 21.2. The van der Waals surface area contributed by atoms with E-state index in [-0.39, 0.29) is 12.4 Å². The van der Waals surface area contributed by atoms with Crippen LogP contribution in [-0.4, -0.2) is 55.0 Å². The summed E-state index contributed by atoms with van der Waals surface area (Å²) in [6.45, 7) is 4.41. The molecule has 3 aromatic rings. The summed E-state index contributed by atoms with van der Waals surface area (Å²) >= 11 is 1.58. The van der Waals surface area contributed by atoms with Gasteiger partial charge in [-0.3, -0.25) is 0 Å². The molecule has 0 bridgehead atoms. The van der Waals surface area contributed by atoms with Crippen LogP contribution >= 0.6 is 11.8 Å². The molecule has 0 spiro atoms. The van der Waals surface area contributed by atoms with E-state index in [4.69, 9.17) is 9.84 Å². The highest BCUT2D eigenvalue weighted by molar-refractivity contribution is 7.99. The van der Waals surface area contributed by atoms with Crippen LogP contribution in [0.4, 0.5) is 0 Å². The molecule has 0 unspecified atom stereocenters. The molecule has 34 heavy (non-hydrogen) atoms. The first-order chi connectivity index (χ1) is 16.3. The molecule has 0 saturated carbocycles. The van der Waals surface area contributed by atoms with Gasteiger partial charge < -0.3 is 9.84 Å². The molecule has 0 atom stereocenters. The Balaban J connectivity index is 1.59. The third-order valence-corrected chi connectivity index (χ3v) is 8.33. The summed E-state index contributed by atoms with van der Waals surface area (Å²) in [5.74, 6) is 0.230. The van der Waals surface area contributed by atoms with Crippen LogP contribution < -0.4 is 4.74 Å². The van der Waals surface area contributed by atoms with Gasteiger partial charge in [0.1, 0.15) is 5.75 Å². The number of carbonyl (C=O) groups is 1. The van der Waals surface area contributed by atoms with Crippen molar-refractivity contribution in [2.45, 2.75) is 31.6 Å². The van der Waals surface area contributed by atoms with E-state index in [9.17, 15) is 13.2 Å². The summed E-state index contributed by atoms with van der Waals surface area (Å²) in [5.41, 5.74) is 1.90. The second-order valence-electron chi connectivity index (χ2n) is 8.06. The van der Waals surface area contributed by atoms with E-state index in [2.05, 4.69) is 0 Å². The number of hydrogen-bond acceptors (Lipinski definition) is 5. The van der Waals surface area contributed by atoms with E-state index in [0.29, 0.717) is 31.0 Å². The highest BCUT2D eigenvalue weighted by Gasteiger charge is 2.21. The third-order valence-electron chi connectivity index (χ3n) is 5.48. The lowest BCUT2D eigenvalue weighted by molar-refractivity contribution is -0.139. The summed E-state index contributed by atoms with van der Waals surface area (Å²) in [4.78, 5) is 11.7. The SMILES string of the molecule is CCCN(CCSc1ccc(OCC(=O)O)c(C)c1)S(=O)(=O)CCc1cccc2ccccc12. The summed E-state index contributed by atoms with van der Waals surface area (Å²) < 4.78 is 33.2. The van der Waals surface area contributed by atoms with Crippen LogP contribution in [0.5, 0.6) is 5.75 Å². The Labute approximate surface area is 206 Å². The standard InChI is InChI=1S/C26H31NO5S2/c1-3-14-27(15-16-33-23-11-12-25(20(2)18-23)32-19-26(28)29)34(30,31)17-13-22-9-6-8-21-7-4-5-10-24(21)22/h4-12,18H,3,13-17,19H2,1-2H3,(H,28,29). The molecule has 0 fully saturated rings. The Morgan fingerprint density at radius 3 is 2.56 bits per heavy atom. The maximum absolute atomic E-state index is 13.2. The minimum Gasteiger partial charge on any atom is -0.482 e. The first kappa shape index (κ1) is 26.1. The maximum atomic E-state index is 13.2. The lowest BCUT2D eigenvalue weighted by atomic mass is 10.0. The smallest absolute Gasteiger partial charge is 0.341 e. The van der Waals surface area contributed by atoms with Gasteiger partial charge in [-0.15, -0.1) is 11.8 Å². The second kappa shape index (κ2) is 12.2. The van der Waals surface area contributed by atoms with Crippen molar-refractivity contribution in [3.05, 3.63) is 71.8 Å². The van der Waals surface area contributed by atoms with Crippen LogP contribution in [0.15, 0.2) is 65.6 Å². The average molecular weight is 502 g/mol. The van der Waals surface area contributed by atoms with Gasteiger partial charge in [0.05, 0.1) is 5.75 Å². The molecule has 1 N–H and O–H groups in total. The number of benzene rings is 3. The van der Waals surface area contributed by atoms with E-state index >= 15 is 0 Å². The molecule has 6 nitrogen and oxygen atoms in total. The quantitative estimate of drug-likeness (QED) is 0.332. The first-order valence-corrected chi connectivity index (χ1v) is 13.9. The highest BCUT2D eigenvalue weighted by Crippen LogP contribution is 2.26. The van der Waals surface area contributed by atoms with E-state index in [1.165, 1.54) is 0 Å².